The third-order valence-corrected chi connectivity index (χ3v) is 4.22. The first-order chi connectivity index (χ1) is 11.5. The fourth-order valence-electron chi connectivity index (χ4n) is 2.95. The molecule has 24 heavy (non-hydrogen) atoms. The minimum Gasteiger partial charge on any atom is -0.464 e. The molecule has 2 N–H and O–H groups in total. The first-order valence-electron chi connectivity index (χ1n) is 7.49. The van der Waals surface area contributed by atoms with E-state index >= 15 is 0 Å². The molecular formula is C15H17ClN4O4. The summed E-state index contributed by atoms with van der Waals surface area (Å²) in [4.78, 5) is 33.7. The largest absolute Gasteiger partial charge is 0.464 e. The molecule has 0 aliphatic carbocycles. The van der Waals surface area contributed by atoms with Crippen LogP contribution >= 0.6 is 11.6 Å². The van der Waals surface area contributed by atoms with E-state index in [2.05, 4.69) is 20.3 Å². The van der Waals surface area contributed by atoms with Crippen LogP contribution in [0.3, 0.4) is 0 Å². The van der Waals surface area contributed by atoms with Crippen LogP contribution in [0.2, 0.25) is 5.15 Å². The number of rotatable bonds is 4. The fourth-order valence-corrected chi connectivity index (χ4v) is 3.14. The van der Waals surface area contributed by atoms with Crippen LogP contribution in [0.1, 0.15) is 31.9 Å². The van der Waals surface area contributed by atoms with Crippen LogP contribution in [0.4, 0.5) is 0 Å². The van der Waals surface area contributed by atoms with Gasteiger partial charge in [0.15, 0.2) is 5.15 Å². The van der Waals surface area contributed by atoms with Crippen molar-refractivity contribution in [3.8, 4) is 0 Å². The third-order valence-electron chi connectivity index (χ3n) is 3.94. The van der Waals surface area contributed by atoms with Gasteiger partial charge in [0, 0.05) is 38.1 Å². The average molecular weight is 353 g/mol. The molecule has 3 heterocycles. The van der Waals surface area contributed by atoms with Gasteiger partial charge in [0.25, 0.3) is 0 Å². The lowest BCUT2D eigenvalue weighted by molar-refractivity contribution is -0.149. The Morgan fingerprint density at radius 1 is 1.33 bits per heavy atom. The molecule has 3 atom stereocenters. The number of hydrogen-bond acceptors (Lipinski definition) is 7. The zero-order valence-corrected chi connectivity index (χ0v) is 14.0. The quantitative estimate of drug-likeness (QED) is 0.634. The number of carbonyl (C=O) groups is 2. The van der Waals surface area contributed by atoms with E-state index in [1.807, 2.05) is 6.20 Å². The highest BCUT2D eigenvalue weighted by Gasteiger charge is 2.38. The Bertz CT molecular complexity index is 778. The molecule has 1 aliphatic heterocycles. The van der Waals surface area contributed by atoms with Gasteiger partial charge in [-0.1, -0.05) is 11.6 Å². The number of nitrogens with zero attached hydrogens (tertiary/aromatic N) is 2. The van der Waals surface area contributed by atoms with Gasteiger partial charge in [-0.25, -0.2) is 9.97 Å². The third kappa shape index (κ3) is 3.34. The summed E-state index contributed by atoms with van der Waals surface area (Å²) in [7, 11) is 0. The summed E-state index contributed by atoms with van der Waals surface area (Å²) >= 11 is 6.06. The van der Waals surface area contributed by atoms with Crippen LogP contribution in [0.5, 0.6) is 0 Å². The molecule has 9 heteroatoms. The summed E-state index contributed by atoms with van der Waals surface area (Å²) in [6, 6.07) is -0.403. The van der Waals surface area contributed by atoms with E-state index in [9.17, 15) is 9.59 Å². The first kappa shape index (κ1) is 16.7. The van der Waals surface area contributed by atoms with Gasteiger partial charge < -0.3 is 19.8 Å². The number of ether oxygens (including phenoxy) is 2. The van der Waals surface area contributed by atoms with Gasteiger partial charge in [-0.3, -0.25) is 9.59 Å². The lowest BCUT2D eigenvalue weighted by Gasteiger charge is -2.18. The van der Waals surface area contributed by atoms with Crippen molar-refractivity contribution in [2.75, 3.05) is 6.61 Å². The molecule has 1 fully saturated rings. The maximum atomic E-state index is 11.3. The number of nitrogens with one attached hydrogen (secondary N) is 2. The van der Waals surface area contributed by atoms with Gasteiger partial charge in [0.2, 0.25) is 0 Å². The van der Waals surface area contributed by atoms with E-state index in [0.717, 1.165) is 5.56 Å². The molecule has 2 aromatic rings. The zero-order chi connectivity index (χ0) is 17.3. The van der Waals surface area contributed by atoms with Crippen LogP contribution in [0.15, 0.2) is 12.5 Å². The minimum atomic E-state index is -0.394. The molecule has 3 rings (SSSR count). The molecule has 1 saturated heterocycles. The fraction of sp³-hybridized carbons (Fsp3) is 0.467. The second-order valence-corrected chi connectivity index (χ2v) is 6.00. The van der Waals surface area contributed by atoms with Gasteiger partial charge >= 0.3 is 11.9 Å². The monoisotopic (exact) mass is 352 g/mol. The number of aromatic nitrogens is 3. The van der Waals surface area contributed by atoms with Crippen LogP contribution < -0.4 is 5.32 Å². The Labute approximate surface area is 142 Å². The number of halogens is 1. The predicted octanol–water partition coefficient (Wildman–Crippen LogP) is 1.51. The Kier molecular flexibility index (Phi) is 4.68. The van der Waals surface area contributed by atoms with Gasteiger partial charge in [-0.05, 0) is 0 Å². The molecule has 2 aromatic heterocycles. The molecular weight excluding hydrogens is 336 g/mol. The van der Waals surface area contributed by atoms with Crippen molar-refractivity contribution in [1.29, 1.82) is 0 Å². The lowest BCUT2D eigenvalue weighted by atomic mass is 10.1. The Balaban J connectivity index is 1.84. The number of hydrogen-bond donors (Lipinski definition) is 2. The topological polar surface area (TPSA) is 106 Å². The standard InChI is InChI=1S/C15H17ClN4O4/c1-7(21)23-5-11-12(24-8(2)22)3-10(20-11)9-4-17-14-13(9)18-6-19-15(14)16/h4,6,10-12,17,20H,3,5H2,1-2H3/t10-,11-,12+/m1/s1. The molecule has 0 bridgehead atoms. The summed E-state index contributed by atoms with van der Waals surface area (Å²) in [5.74, 6) is -0.756. The Morgan fingerprint density at radius 2 is 2.12 bits per heavy atom. The number of esters is 2. The summed E-state index contributed by atoms with van der Waals surface area (Å²) in [5.41, 5.74) is 2.27. The molecule has 0 radical (unpaired) electrons. The van der Waals surface area contributed by atoms with Crippen LogP contribution in [0, 0.1) is 0 Å². The number of carbonyl (C=O) groups excluding carboxylic acids is 2. The second kappa shape index (κ2) is 6.74. The van der Waals surface area contributed by atoms with Crippen molar-refractivity contribution in [3.63, 3.8) is 0 Å². The zero-order valence-electron chi connectivity index (χ0n) is 13.2. The second-order valence-electron chi connectivity index (χ2n) is 5.64. The van der Waals surface area contributed by atoms with Gasteiger partial charge in [0.1, 0.15) is 24.6 Å². The van der Waals surface area contributed by atoms with E-state index in [-0.39, 0.29) is 30.6 Å². The lowest BCUT2D eigenvalue weighted by Crippen LogP contribution is -2.38. The summed E-state index contributed by atoms with van der Waals surface area (Å²) < 4.78 is 10.4. The SMILES string of the molecule is CC(=O)OC[C@H]1N[C@@H](c2c[nH]c3c(Cl)ncnc23)C[C@@H]1OC(C)=O. The number of fused-ring (bicyclic) bond motifs is 1. The molecule has 0 saturated carbocycles. The van der Waals surface area contributed by atoms with E-state index in [1.54, 1.807) is 0 Å². The Morgan fingerprint density at radius 3 is 2.83 bits per heavy atom. The van der Waals surface area contributed by atoms with Gasteiger partial charge in [0.05, 0.1) is 11.6 Å². The van der Waals surface area contributed by atoms with Crippen LogP contribution in [0.25, 0.3) is 11.0 Å². The summed E-state index contributed by atoms with van der Waals surface area (Å²) in [6.07, 6.45) is 3.35. The molecule has 0 unspecified atom stereocenters. The van der Waals surface area contributed by atoms with E-state index in [1.165, 1.54) is 20.2 Å². The molecule has 0 aromatic carbocycles. The number of aromatic amines is 1. The molecule has 128 valence electrons. The van der Waals surface area contributed by atoms with Crippen molar-refractivity contribution in [1.82, 2.24) is 20.3 Å². The van der Waals surface area contributed by atoms with Crippen molar-refractivity contribution in [3.05, 3.63) is 23.2 Å². The van der Waals surface area contributed by atoms with E-state index in [4.69, 9.17) is 21.1 Å². The van der Waals surface area contributed by atoms with Gasteiger partial charge in [-0.2, -0.15) is 0 Å². The highest BCUT2D eigenvalue weighted by atomic mass is 35.5. The average Bonchev–Trinajstić information content (AvgIpc) is 3.09. The van der Waals surface area contributed by atoms with Crippen molar-refractivity contribution in [2.24, 2.45) is 0 Å². The summed E-state index contributed by atoms with van der Waals surface area (Å²) in [5, 5.41) is 3.68. The van der Waals surface area contributed by atoms with Crippen molar-refractivity contribution < 1.29 is 19.1 Å². The maximum Gasteiger partial charge on any atom is 0.302 e. The Hall–Kier alpha value is -2.19. The van der Waals surface area contributed by atoms with E-state index < -0.39 is 6.10 Å². The van der Waals surface area contributed by atoms with Crippen LogP contribution in [-0.4, -0.2) is 45.6 Å². The molecule has 0 amide bonds. The normalized spacial score (nSPS) is 23.4. The van der Waals surface area contributed by atoms with E-state index in [0.29, 0.717) is 22.6 Å². The van der Waals surface area contributed by atoms with Gasteiger partial charge in [-0.15, -0.1) is 0 Å². The molecule has 8 nitrogen and oxygen atoms in total. The molecule has 1 aliphatic rings. The van der Waals surface area contributed by atoms with Crippen molar-refractivity contribution in [2.45, 2.75) is 38.5 Å². The maximum absolute atomic E-state index is 11.3. The minimum absolute atomic E-state index is 0.116. The summed E-state index contributed by atoms with van der Waals surface area (Å²) in [6.45, 7) is 2.82. The highest BCUT2D eigenvalue weighted by molar-refractivity contribution is 6.33. The predicted molar refractivity (Wildman–Crippen MR) is 85.4 cm³/mol. The smallest absolute Gasteiger partial charge is 0.302 e. The van der Waals surface area contributed by atoms with Crippen LogP contribution in [-0.2, 0) is 19.1 Å². The van der Waals surface area contributed by atoms with Crippen molar-refractivity contribution >= 4 is 34.6 Å². The molecule has 0 spiro atoms. The highest BCUT2D eigenvalue weighted by Crippen LogP contribution is 2.33. The first-order valence-corrected chi connectivity index (χ1v) is 7.87. The number of H-pyrrole nitrogens is 1.